The Morgan fingerprint density at radius 2 is 1.82 bits per heavy atom. The molecule has 0 aliphatic carbocycles. The number of halogens is 1. The molecule has 0 N–H and O–H groups in total. The average molecular weight is 287 g/mol. The van der Waals surface area contributed by atoms with Crippen LogP contribution in [0.4, 0.5) is 0 Å². The molecule has 0 aliphatic rings. The van der Waals surface area contributed by atoms with Crippen LogP contribution in [0.2, 0.25) is 0 Å². The van der Waals surface area contributed by atoms with Gasteiger partial charge in [0.25, 0.3) is 0 Å². The quantitative estimate of drug-likeness (QED) is 0.659. The third kappa shape index (κ3) is 1.76. The zero-order chi connectivity index (χ0) is 11.8. The summed E-state index contributed by atoms with van der Waals surface area (Å²) in [5, 5.41) is 5.79. The van der Waals surface area contributed by atoms with E-state index in [1.165, 1.54) is 5.39 Å². The van der Waals surface area contributed by atoms with Crippen molar-refractivity contribution in [2.24, 2.45) is 0 Å². The van der Waals surface area contributed by atoms with E-state index in [2.05, 4.69) is 45.3 Å². The maximum atomic E-state index is 4.60. The molecule has 0 bridgehead atoms. The summed E-state index contributed by atoms with van der Waals surface area (Å²) in [6, 6.07) is 16.4. The largest absolute Gasteiger partial charge is 0.233 e. The minimum absolute atomic E-state index is 1.05. The van der Waals surface area contributed by atoms with E-state index in [0.29, 0.717) is 0 Å². The molecule has 1 heterocycles. The Balaban J connectivity index is 2.34. The lowest BCUT2D eigenvalue weighted by Gasteiger charge is -2.02. The number of aryl methyl sites for hydroxylation is 1. The van der Waals surface area contributed by atoms with Gasteiger partial charge in [-0.1, -0.05) is 34.1 Å². The molecule has 3 rings (SSSR count). The summed E-state index contributed by atoms with van der Waals surface area (Å²) in [5.41, 5.74) is 3.27. The van der Waals surface area contributed by atoms with Crippen molar-refractivity contribution >= 4 is 26.8 Å². The molecule has 0 fully saturated rings. The summed E-state index contributed by atoms with van der Waals surface area (Å²) in [4.78, 5) is 0. The molecule has 0 atom stereocenters. The van der Waals surface area contributed by atoms with Crippen LogP contribution in [-0.4, -0.2) is 9.78 Å². The van der Waals surface area contributed by atoms with Crippen LogP contribution < -0.4 is 0 Å². The number of hydrogen-bond acceptors (Lipinski definition) is 1. The van der Waals surface area contributed by atoms with Gasteiger partial charge in [-0.3, -0.25) is 0 Å². The highest BCUT2D eigenvalue weighted by Gasteiger charge is 2.08. The van der Waals surface area contributed by atoms with E-state index in [1.54, 1.807) is 0 Å². The minimum atomic E-state index is 1.05. The standard InChI is InChI=1S/C14H11BrN2/c1-10-13-8-7-11(15)9-14(13)17(16-10)12-5-3-2-4-6-12/h2-9H,1H3. The van der Waals surface area contributed by atoms with Gasteiger partial charge in [0.15, 0.2) is 0 Å². The lowest BCUT2D eigenvalue weighted by atomic mass is 10.2. The molecule has 2 nitrogen and oxygen atoms in total. The maximum absolute atomic E-state index is 4.60. The molecule has 3 heteroatoms. The van der Waals surface area contributed by atoms with Crippen LogP contribution in [0.25, 0.3) is 16.6 Å². The van der Waals surface area contributed by atoms with Gasteiger partial charge in [-0.15, -0.1) is 0 Å². The molecule has 2 aromatic carbocycles. The zero-order valence-electron chi connectivity index (χ0n) is 9.39. The van der Waals surface area contributed by atoms with Crippen LogP contribution in [0, 0.1) is 6.92 Å². The Morgan fingerprint density at radius 3 is 2.59 bits per heavy atom. The topological polar surface area (TPSA) is 17.8 Å². The van der Waals surface area contributed by atoms with Crippen molar-refractivity contribution < 1.29 is 0 Å². The minimum Gasteiger partial charge on any atom is -0.233 e. The molecule has 0 saturated carbocycles. The van der Waals surface area contributed by atoms with Crippen LogP contribution in [0.3, 0.4) is 0 Å². The van der Waals surface area contributed by atoms with Crippen LogP contribution >= 0.6 is 15.9 Å². The molecule has 84 valence electrons. The fraction of sp³-hybridized carbons (Fsp3) is 0.0714. The van der Waals surface area contributed by atoms with Crippen LogP contribution in [0.1, 0.15) is 5.69 Å². The molecular weight excluding hydrogens is 276 g/mol. The predicted molar refractivity (Wildman–Crippen MR) is 73.5 cm³/mol. The van der Waals surface area contributed by atoms with Crippen LogP contribution in [0.5, 0.6) is 0 Å². The van der Waals surface area contributed by atoms with E-state index in [0.717, 1.165) is 21.4 Å². The summed E-state index contributed by atoms with van der Waals surface area (Å²) in [7, 11) is 0. The molecule has 1 aromatic heterocycles. The third-order valence-corrected chi connectivity index (χ3v) is 3.32. The molecule has 0 saturated heterocycles. The third-order valence-electron chi connectivity index (χ3n) is 2.83. The molecule has 0 aliphatic heterocycles. The SMILES string of the molecule is Cc1nn(-c2ccccc2)c2cc(Br)ccc12. The second-order valence-corrected chi connectivity index (χ2v) is 4.91. The maximum Gasteiger partial charge on any atom is 0.0755 e. The van der Waals surface area contributed by atoms with Crippen LogP contribution in [-0.2, 0) is 0 Å². The van der Waals surface area contributed by atoms with E-state index in [1.807, 2.05) is 35.9 Å². The van der Waals surface area contributed by atoms with Crippen molar-refractivity contribution in [2.75, 3.05) is 0 Å². The molecule has 0 radical (unpaired) electrons. The molecule has 0 amide bonds. The number of benzene rings is 2. The molecular formula is C14H11BrN2. The molecule has 0 unspecified atom stereocenters. The lowest BCUT2D eigenvalue weighted by Crippen LogP contribution is -1.95. The highest BCUT2D eigenvalue weighted by atomic mass is 79.9. The summed E-state index contributed by atoms with van der Waals surface area (Å²) in [6.45, 7) is 2.04. The van der Waals surface area contributed by atoms with Crippen molar-refractivity contribution in [3.63, 3.8) is 0 Å². The molecule has 0 spiro atoms. The normalized spacial score (nSPS) is 10.9. The second-order valence-electron chi connectivity index (χ2n) is 3.99. The predicted octanol–water partition coefficient (Wildman–Crippen LogP) is 4.10. The lowest BCUT2D eigenvalue weighted by molar-refractivity contribution is 0.889. The van der Waals surface area contributed by atoms with Gasteiger partial charge < -0.3 is 0 Å². The molecule has 3 aromatic rings. The van der Waals surface area contributed by atoms with Crippen LogP contribution in [0.15, 0.2) is 53.0 Å². The van der Waals surface area contributed by atoms with Crippen molar-refractivity contribution in [1.82, 2.24) is 9.78 Å². The van der Waals surface area contributed by atoms with E-state index in [9.17, 15) is 0 Å². The highest BCUT2D eigenvalue weighted by molar-refractivity contribution is 9.10. The Labute approximate surface area is 108 Å². The summed E-state index contributed by atoms with van der Waals surface area (Å²) in [5.74, 6) is 0. The highest BCUT2D eigenvalue weighted by Crippen LogP contribution is 2.24. The van der Waals surface area contributed by atoms with Crippen molar-refractivity contribution in [1.29, 1.82) is 0 Å². The molecule has 17 heavy (non-hydrogen) atoms. The van der Waals surface area contributed by atoms with Gasteiger partial charge in [-0.2, -0.15) is 5.10 Å². The first kappa shape index (κ1) is 10.5. The Morgan fingerprint density at radius 1 is 1.06 bits per heavy atom. The Hall–Kier alpha value is -1.61. The summed E-state index contributed by atoms with van der Waals surface area (Å²) in [6.07, 6.45) is 0. The second kappa shape index (κ2) is 4.00. The first-order valence-corrected chi connectivity index (χ1v) is 6.25. The average Bonchev–Trinajstić information content (AvgIpc) is 2.67. The Kier molecular flexibility index (Phi) is 2.48. The van der Waals surface area contributed by atoms with Gasteiger partial charge in [0.1, 0.15) is 0 Å². The van der Waals surface area contributed by atoms with E-state index < -0.39 is 0 Å². The number of nitrogens with zero attached hydrogens (tertiary/aromatic N) is 2. The van der Waals surface area contributed by atoms with E-state index >= 15 is 0 Å². The van der Waals surface area contributed by atoms with Gasteiger partial charge in [0.2, 0.25) is 0 Å². The number of para-hydroxylation sites is 1. The van der Waals surface area contributed by atoms with Crippen molar-refractivity contribution in [3.05, 3.63) is 58.7 Å². The number of rotatable bonds is 1. The first-order valence-electron chi connectivity index (χ1n) is 5.46. The Bertz CT molecular complexity index is 671. The van der Waals surface area contributed by atoms with Gasteiger partial charge in [0, 0.05) is 9.86 Å². The summed E-state index contributed by atoms with van der Waals surface area (Å²) < 4.78 is 3.05. The van der Waals surface area contributed by atoms with Gasteiger partial charge in [0.05, 0.1) is 16.9 Å². The van der Waals surface area contributed by atoms with Crippen molar-refractivity contribution in [2.45, 2.75) is 6.92 Å². The van der Waals surface area contributed by atoms with E-state index in [4.69, 9.17) is 0 Å². The number of aromatic nitrogens is 2. The van der Waals surface area contributed by atoms with Crippen molar-refractivity contribution in [3.8, 4) is 5.69 Å². The number of fused-ring (bicyclic) bond motifs is 1. The number of hydrogen-bond donors (Lipinski definition) is 0. The van der Waals surface area contributed by atoms with Gasteiger partial charge >= 0.3 is 0 Å². The van der Waals surface area contributed by atoms with E-state index in [-0.39, 0.29) is 0 Å². The first-order chi connectivity index (χ1) is 8.25. The monoisotopic (exact) mass is 286 g/mol. The van der Waals surface area contributed by atoms with Gasteiger partial charge in [-0.25, -0.2) is 4.68 Å². The van der Waals surface area contributed by atoms with Gasteiger partial charge in [-0.05, 0) is 37.3 Å². The zero-order valence-corrected chi connectivity index (χ0v) is 11.0. The summed E-state index contributed by atoms with van der Waals surface area (Å²) >= 11 is 3.51. The fourth-order valence-corrected chi connectivity index (χ4v) is 2.36. The smallest absolute Gasteiger partial charge is 0.0755 e. The fourth-order valence-electron chi connectivity index (χ4n) is 2.01.